The monoisotopic (exact) mass is 244 g/mol. The third kappa shape index (κ3) is 2.43. The van der Waals surface area contributed by atoms with E-state index < -0.39 is 6.10 Å². The van der Waals surface area contributed by atoms with Gasteiger partial charge in [-0.05, 0) is 36.2 Å². The maximum absolute atomic E-state index is 10.3. The maximum atomic E-state index is 10.3. The predicted octanol–water partition coefficient (Wildman–Crippen LogP) is 2.06. The molecule has 2 aromatic rings. The quantitative estimate of drug-likeness (QED) is 0.867. The molecule has 94 valence electrons. The second-order valence-electron chi connectivity index (χ2n) is 4.16. The first-order valence-electron chi connectivity index (χ1n) is 5.66. The van der Waals surface area contributed by atoms with E-state index in [-0.39, 0.29) is 0 Å². The Balaban J connectivity index is 2.34. The molecule has 2 rings (SSSR count). The lowest BCUT2D eigenvalue weighted by Gasteiger charge is -2.14. The van der Waals surface area contributed by atoms with Gasteiger partial charge in [0.25, 0.3) is 0 Å². The molecule has 1 atom stereocenters. The zero-order valence-electron chi connectivity index (χ0n) is 10.4. The largest absolute Gasteiger partial charge is 0.497 e. The molecule has 1 aromatic heterocycles. The van der Waals surface area contributed by atoms with Crippen molar-refractivity contribution in [3.05, 3.63) is 53.2 Å². The molecule has 0 radical (unpaired) electrons. The van der Waals surface area contributed by atoms with Gasteiger partial charge in [0.2, 0.25) is 0 Å². The molecule has 4 nitrogen and oxygen atoms in total. The first kappa shape index (κ1) is 12.4. The van der Waals surface area contributed by atoms with Gasteiger partial charge in [-0.1, -0.05) is 12.1 Å². The van der Waals surface area contributed by atoms with Crippen LogP contribution in [0.1, 0.15) is 22.8 Å². The number of methoxy groups -OCH3 is 1. The van der Waals surface area contributed by atoms with Crippen LogP contribution in [0, 0.1) is 6.92 Å². The lowest BCUT2D eigenvalue weighted by Crippen LogP contribution is -2.06. The van der Waals surface area contributed by atoms with Crippen LogP contribution in [-0.4, -0.2) is 17.2 Å². The highest BCUT2D eigenvalue weighted by Gasteiger charge is 2.14. The van der Waals surface area contributed by atoms with E-state index in [2.05, 4.69) is 4.98 Å². The van der Waals surface area contributed by atoms with Crippen molar-refractivity contribution in [1.82, 2.24) is 4.98 Å². The van der Waals surface area contributed by atoms with E-state index >= 15 is 0 Å². The molecule has 0 fully saturated rings. The Labute approximate surface area is 106 Å². The highest BCUT2D eigenvalue weighted by molar-refractivity contribution is 5.46. The number of hydrogen-bond donors (Lipinski definition) is 2. The second kappa shape index (κ2) is 5.06. The molecule has 1 heterocycles. The van der Waals surface area contributed by atoms with Crippen LogP contribution in [0.25, 0.3) is 0 Å². The number of aromatic nitrogens is 1. The Kier molecular flexibility index (Phi) is 3.48. The van der Waals surface area contributed by atoms with Crippen LogP contribution < -0.4 is 10.5 Å². The number of rotatable bonds is 3. The van der Waals surface area contributed by atoms with Crippen LogP contribution in [0.15, 0.2) is 36.5 Å². The van der Waals surface area contributed by atoms with E-state index in [0.29, 0.717) is 11.4 Å². The van der Waals surface area contributed by atoms with Crippen LogP contribution in [-0.2, 0) is 0 Å². The Morgan fingerprint density at radius 2 is 1.94 bits per heavy atom. The molecule has 0 saturated heterocycles. The van der Waals surface area contributed by atoms with Crippen molar-refractivity contribution in [2.24, 2.45) is 0 Å². The number of benzene rings is 1. The lowest BCUT2D eigenvalue weighted by molar-refractivity contribution is 0.220. The number of aliphatic hydroxyl groups is 1. The zero-order valence-corrected chi connectivity index (χ0v) is 10.4. The van der Waals surface area contributed by atoms with Crippen LogP contribution in [0.3, 0.4) is 0 Å². The van der Waals surface area contributed by atoms with Gasteiger partial charge in [-0.15, -0.1) is 0 Å². The minimum atomic E-state index is -0.775. The number of nitrogens with zero attached hydrogens (tertiary/aromatic N) is 1. The minimum absolute atomic E-state index is 0.351. The summed E-state index contributed by atoms with van der Waals surface area (Å²) in [5, 5.41) is 10.3. The standard InChI is InChI=1S/C14H16N2O2/c1-9-7-12(14(15)16-8-9)13(17)10-3-5-11(18-2)6-4-10/h3-8,13,17H,1-2H3,(H2,15,16). The average molecular weight is 244 g/mol. The predicted molar refractivity (Wildman–Crippen MR) is 70.4 cm³/mol. The van der Waals surface area contributed by atoms with Gasteiger partial charge in [0.15, 0.2) is 0 Å². The summed E-state index contributed by atoms with van der Waals surface area (Å²) in [6, 6.07) is 9.07. The van der Waals surface area contributed by atoms with Crippen molar-refractivity contribution in [3.8, 4) is 5.75 Å². The van der Waals surface area contributed by atoms with Gasteiger partial charge in [0.1, 0.15) is 17.7 Å². The second-order valence-corrected chi connectivity index (χ2v) is 4.16. The van der Waals surface area contributed by atoms with Crippen LogP contribution in [0.5, 0.6) is 5.75 Å². The summed E-state index contributed by atoms with van der Waals surface area (Å²) in [5.74, 6) is 1.10. The topological polar surface area (TPSA) is 68.4 Å². The normalized spacial score (nSPS) is 12.2. The number of aliphatic hydroxyl groups excluding tert-OH is 1. The lowest BCUT2D eigenvalue weighted by atomic mass is 10.0. The summed E-state index contributed by atoms with van der Waals surface area (Å²) in [4.78, 5) is 4.05. The molecule has 0 spiro atoms. The number of hydrogen-bond acceptors (Lipinski definition) is 4. The zero-order chi connectivity index (χ0) is 13.1. The number of ether oxygens (including phenoxy) is 1. The minimum Gasteiger partial charge on any atom is -0.497 e. The molecular formula is C14H16N2O2. The van der Waals surface area contributed by atoms with E-state index in [0.717, 1.165) is 16.9 Å². The molecular weight excluding hydrogens is 228 g/mol. The van der Waals surface area contributed by atoms with Crippen molar-refractivity contribution in [3.63, 3.8) is 0 Å². The SMILES string of the molecule is COc1ccc(C(O)c2cc(C)cnc2N)cc1. The third-order valence-electron chi connectivity index (χ3n) is 2.81. The fourth-order valence-electron chi connectivity index (χ4n) is 1.79. The molecule has 4 heteroatoms. The summed E-state index contributed by atoms with van der Waals surface area (Å²) >= 11 is 0. The van der Waals surface area contributed by atoms with E-state index in [1.807, 2.05) is 25.1 Å². The van der Waals surface area contributed by atoms with Crippen LogP contribution >= 0.6 is 0 Å². The highest BCUT2D eigenvalue weighted by Crippen LogP contribution is 2.27. The van der Waals surface area contributed by atoms with E-state index in [4.69, 9.17) is 10.5 Å². The Morgan fingerprint density at radius 3 is 2.56 bits per heavy atom. The molecule has 0 aliphatic heterocycles. The van der Waals surface area contributed by atoms with Crippen molar-refractivity contribution in [1.29, 1.82) is 0 Å². The van der Waals surface area contributed by atoms with Gasteiger partial charge in [-0.3, -0.25) is 0 Å². The van der Waals surface area contributed by atoms with Crippen LogP contribution in [0.4, 0.5) is 5.82 Å². The number of aryl methyl sites for hydroxylation is 1. The van der Waals surface area contributed by atoms with Gasteiger partial charge < -0.3 is 15.6 Å². The fourth-order valence-corrected chi connectivity index (χ4v) is 1.79. The molecule has 0 saturated carbocycles. The summed E-state index contributed by atoms with van der Waals surface area (Å²) in [6.07, 6.45) is 0.905. The maximum Gasteiger partial charge on any atom is 0.129 e. The Hall–Kier alpha value is -2.07. The summed E-state index contributed by atoms with van der Waals surface area (Å²) in [5.41, 5.74) is 8.14. The molecule has 18 heavy (non-hydrogen) atoms. The van der Waals surface area contributed by atoms with E-state index in [1.165, 1.54) is 0 Å². The first-order chi connectivity index (χ1) is 8.61. The molecule has 0 aliphatic carbocycles. The van der Waals surface area contributed by atoms with E-state index in [9.17, 15) is 5.11 Å². The highest BCUT2D eigenvalue weighted by atomic mass is 16.5. The summed E-state index contributed by atoms with van der Waals surface area (Å²) < 4.78 is 5.08. The molecule has 0 aliphatic rings. The van der Waals surface area contributed by atoms with Crippen molar-refractivity contribution < 1.29 is 9.84 Å². The third-order valence-corrected chi connectivity index (χ3v) is 2.81. The summed E-state index contributed by atoms with van der Waals surface area (Å²) in [7, 11) is 1.61. The van der Waals surface area contributed by atoms with Crippen molar-refractivity contribution in [2.45, 2.75) is 13.0 Å². The van der Waals surface area contributed by atoms with E-state index in [1.54, 1.807) is 25.4 Å². The molecule has 1 aromatic carbocycles. The number of nitrogen functional groups attached to an aromatic ring is 1. The van der Waals surface area contributed by atoms with Crippen molar-refractivity contribution >= 4 is 5.82 Å². The molecule has 1 unspecified atom stereocenters. The average Bonchev–Trinajstić information content (AvgIpc) is 2.41. The fraction of sp³-hybridized carbons (Fsp3) is 0.214. The van der Waals surface area contributed by atoms with Crippen LogP contribution in [0.2, 0.25) is 0 Å². The van der Waals surface area contributed by atoms with Gasteiger partial charge in [-0.25, -0.2) is 4.98 Å². The smallest absolute Gasteiger partial charge is 0.129 e. The Bertz CT molecular complexity index is 538. The van der Waals surface area contributed by atoms with Gasteiger partial charge >= 0.3 is 0 Å². The van der Waals surface area contributed by atoms with Crippen molar-refractivity contribution in [2.75, 3.05) is 12.8 Å². The number of pyridine rings is 1. The van der Waals surface area contributed by atoms with Gasteiger partial charge in [0.05, 0.1) is 7.11 Å². The number of anilines is 1. The summed E-state index contributed by atoms with van der Waals surface area (Å²) in [6.45, 7) is 1.91. The molecule has 0 bridgehead atoms. The Morgan fingerprint density at radius 1 is 1.28 bits per heavy atom. The van der Waals surface area contributed by atoms with Gasteiger partial charge in [-0.2, -0.15) is 0 Å². The number of nitrogens with two attached hydrogens (primary N) is 1. The van der Waals surface area contributed by atoms with Gasteiger partial charge in [0, 0.05) is 11.8 Å². The first-order valence-corrected chi connectivity index (χ1v) is 5.66. The molecule has 0 amide bonds. The molecule has 3 N–H and O–H groups in total.